The van der Waals surface area contributed by atoms with Crippen molar-refractivity contribution in [2.24, 2.45) is 0 Å². The Labute approximate surface area is 240 Å². The maximum Gasteiger partial charge on any atom is 0.248 e. The minimum absolute atomic E-state index is 0.0731. The van der Waals surface area contributed by atoms with Crippen molar-refractivity contribution in [1.82, 2.24) is 10.3 Å². The summed E-state index contributed by atoms with van der Waals surface area (Å²) in [5, 5.41) is 6.45. The first-order chi connectivity index (χ1) is 19.4. The minimum atomic E-state index is -0.911. The van der Waals surface area contributed by atoms with Gasteiger partial charge in [-0.1, -0.05) is 42.6 Å². The standard InChI is InChI=1S/C31H35ClN4O4/c1-2-40-26-19-17-25(18-20-26)36(29(38)12-7-11-28(37)35-27-10-5-6-21-33-27)30(22-13-15-23(32)16-14-22)31(39)34-24-8-3-4-9-24/h5-6,10,13-21,24,30H,2-4,7-9,11-12H2,1H3,(H,34,39)(H,33,35,37)/t30-/m0/s1. The quantitative estimate of drug-likeness (QED) is 0.279. The first-order valence-electron chi connectivity index (χ1n) is 13.8. The van der Waals surface area contributed by atoms with Crippen LogP contribution in [0.5, 0.6) is 5.75 Å². The van der Waals surface area contributed by atoms with Crippen LogP contribution < -0.4 is 20.3 Å². The van der Waals surface area contributed by atoms with E-state index >= 15 is 0 Å². The van der Waals surface area contributed by atoms with Gasteiger partial charge in [-0.15, -0.1) is 0 Å². The van der Waals surface area contributed by atoms with Gasteiger partial charge in [0.15, 0.2) is 0 Å². The van der Waals surface area contributed by atoms with Crippen LogP contribution in [0.4, 0.5) is 11.5 Å². The molecule has 0 radical (unpaired) electrons. The highest BCUT2D eigenvalue weighted by Crippen LogP contribution is 2.32. The number of hydrogen-bond acceptors (Lipinski definition) is 5. The molecule has 1 aromatic heterocycles. The third kappa shape index (κ3) is 8.05. The molecule has 3 aromatic rings. The monoisotopic (exact) mass is 562 g/mol. The molecule has 2 aromatic carbocycles. The van der Waals surface area contributed by atoms with E-state index < -0.39 is 6.04 Å². The second-order valence-corrected chi connectivity index (χ2v) is 10.2. The summed E-state index contributed by atoms with van der Waals surface area (Å²) in [5.41, 5.74) is 1.21. The van der Waals surface area contributed by atoms with E-state index in [4.69, 9.17) is 16.3 Å². The Hall–Kier alpha value is -3.91. The van der Waals surface area contributed by atoms with Gasteiger partial charge in [-0.25, -0.2) is 4.98 Å². The normalized spacial score (nSPS) is 13.8. The van der Waals surface area contributed by atoms with Crippen molar-refractivity contribution in [3.8, 4) is 5.75 Å². The minimum Gasteiger partial charge on any atom is -0.494 e. The molecule has 3 amide bonds. The van der Waals surface area contributed by atoms with Gasteiger partial charge in [-0.2, -0.15) is 0 Å². The molecule has 1 atom stereocenters. The van der Waals surface area contributed by atoms with E-state index in [9.17, 15) is 14.4 Å². The zero-order chi connectivity index (χ0) is 28.3. The number of benzene rings is 2. The summed E-state index contributed by atoms with van der Waals surface area (Å²) >= 11 is 6.16. The molecule has 2 N–H and O–H groups in total. The molecule has 1 fully saturated rings. The molecular weight excluding hydrogens is 528 g/mol. The van der Waals surface area contributed by atoms with E-state index in [2.05, 4.69) is 15.6 Å². The fourth-order valence-corrected chi connectivity index (χ4v) is 5.01. The molecule has 0 unspecified atom stereocenters. The van der Waals surface area contributed by atoms with Gasteiger partial charge in [0.1, 0.15) is 17.6 Å². The topological polar surface area (TPSA) is 101 Å². The summed E-state index contributed by atoms with van der Waals surface area (Å²) in [6, 6.07) is 18.5. The van der Waals surface area contributed by atoms with E-state index in [0.717, 1.165) is 25.7 Å². The number of nitrogens with zero attached hydrogens (tertiary/aromatic N) is 2. The highest BCUT2D eigenvalue weighted by molar-refractivity contribution is 6.30. The van der Waals surface area contributed by atoms with Gasteiger partial charge in [0.25, 0.3) is 0 Å². The van der Waals surface area contributed by atoms with Crippen molar-refractivity contribution >= 4 is 40.8 Å². The number of rotatable bonds is 12. The smallest absolute Gasteiger partial charge is 0.248 e. The van der Waals surface area contributed by atoms with Crippen LogP contribution in [-0.2, 0) is 14.4 Å². The fourth-order valence-electron chi connectivity index (χ4n) is 4.88. The lowest BCUT2D eigenvalue weighted by molar-refractivity contribution is -0.127. The van der Waals surface area contributed by atoms with Crippen molar-refractivity contribution < 1.29 is 19.1 Å². The predicted molar refractivity (Wildman–Crippen MR) is 156 cm³/mol. The van der Waals surface area contributed by atoms with Crippen molar-refractivity contribution in [1.29, 1.82) is 0 Å². The number of pyridine rings is 1. The second-order valence-electron chi connectivity index (χ2n) is 9.75. The summed E-state index contributed by atoms with van der Waals surface area (Å²) in [4.78, 5) is 45.8. The van der Waals surface area contributed by atoms with E-state index in [1.54, 1.807) is 72.9 Å². The number of hydrogen-bond donors (Lipinski definition) is 2. The van der Waals surface area contributed by atoms with E-state index in [1.807, 2.05) is 6.92 Å². The van der Waals surface area contributed by atoms with E-state index in [-0.39, 0.29) is 36.6 Å². The van der Waals surface area contributed by atoms with Gasteiger partial charge in [0.2, 0.25) is 17.7 Å². The van der Waals surface area contributed by atoms with Crippen LogP contribution in [0.15, 0.2) is 72.9 Å². The average molecular weight is 563 g/mol. The second kappa shape index (κ2) is 14.5. The Balaban J connectivity index is 1.58. The Bertz CT molecular complexity index is 1260. The number of carbonyl (C=O) groups excluding carboxylic acids is 3. The Morgan fingerprint density at radius 3 is 2.38 bits per heavy atom. The van der Waals surface area contributed by atoms with Crippen LogP contribution >= 0.6 is 11.6 Å². The lowest BCUT2D eigenvalue weighted by Gasteiger charge is -2.32. The Kier molecular flexibility index (Phi) is 10.5. The molecule has 1 heterocycles. The molecule has 0 saturated heterocycles. The van der Waals surface area contributed by atoms with Crippen molar-refractivity contribution in [3.63, 3.8) is 0 Å². The molecular formula is C31H35ClN4O4. The number of nitrogens with one attached hydrogen (secondary N) is 2. The zero-order valence-corrected chi connectivity index (χ0v) is 23.4. The number of amides is 3. The molecule has 0 aliphatic heterocycles. The lowest BCUT2D eigenvalue weighted by Crippen LogP contribution is -2.46. The van der Waals surface area contributed by atoms with Gasteiger partial charge in [0, 0.05) is 35.8 Å². The average Bonchev–Trinajstić information content (AvgIpc) is 3.46. The molecule has 40 heavy (non-hydrogen) atoms. The largest absolute Gasteiger partial charge is 0.494 e. The van der Waals surface area contributed by atoms with Crippen LogP contribution in [0, 0.1) is 0 Å². The third-order valence-electron chi connectivity index (χ3n) is 6.82. The highest BCUT2D eigenvalue weighted by Gasteiger charge is 2.34. The molecule has 1 aliphatic carbocycles. The fraction of sp³-hybridized carbons (Fsp3) is 0.355. The lowest BCUT2D eigenvalue weighted by atomic mass is 10.0. The SMILES string of the molecule is CCOc1ccc(N(C(=O)CCCC(=O)Nc2ccccn2)[C@H](C(=O)NC2CCCC2)c2ccc(Cl)cc2)cc1. The zero-order valence-electron chi connectivity index (χ0n) is 22.6. The van der Waals surface area contributed by atoms with Gasteiger partial charge in [0.05, 0.1) is 6.61 Å². The number of halogens is 1. The molecule has 0 spiro atoms. The molecule has 1 aliphatic rings. The number of anilines is 2. The first-order valence-corrected chi connectivity index (χ1v) is 14.1. The Morgan fingerprint density at radius 2 is 1.73 bits per heavy atom. The first kappa shape index (κ1) is 29.1. The van der Waals surface area contributed by atoms with Gasteiger partial charge >= 0.3 is 0 Å². The van der Waals surface area contributed by atoms with Crippen molar-refractivity contribution in [2.75, 3.05) is 16.8 Å². The van der Waals surface area contributed by atoms with Gasteiger partial charge < -0.3 is 15.4 Å². The number of carbonyl (C=O) groups is 3. The summed E-state index contributed by atoms with van der Waals surface area (Å²) in [6.07, 6.45) is 6.09. The number of ether oxygens (including phenoxy) is 1. The van der Waals surface area contributed by atoms with Gasteiger partial charge in [-0.05, 0) is 80.3 Å². The molecule has 9 heteroatoms. The highest BCUT2D eigenvalue weighted by atomic mass is 35.5. The van der Waals surface area contributed by atoms with Crippen LogP contribution in [-0.4, -0.2) is 35.4 Å². The summed E-state index contributed by atoms with van der Waals surface area (Å²) in [5.74, 6) is 0.387. The third-order valence-corrected chi connectivity index (χ3v) is 7.07. The predicted octanol–water partition coefficient (Wildman–Crippen LogP) is 6.08. The molecule has 0 bridgehead atoms. The molecule has 8 nitrogen and oxygen atoms in total. The molecule has 4 rings (SSSR count). The maximum absolute atomic E-state index is 13.9. The summed E-state index contributed by atoms with van der Waals surface area (Å²) in [7, 11) is 0. The van der Waals surface area contributed by atoms with Crippen LogP contribution in [0.2, 0.25) is 5.02 Å². The van der Waals surface area contributed by atoms with Crippen LogP contribution in [0.1, 0.15) is 63.5 Å². The maximum atomic E-state index is 13.9. The van der Waals surface area contributed by atoms with Crippen LogP contribution in [0.3, 0.4) is 0 Å². The van der Waals surface area contributed by atoms with Crippen molar-refractivity contribution in [3.05, 3.63) is 83.5 Å². The summed E-state index contributed by atoms with van der Waals surface area (Å²) in [6.45, 7) is 2.41. The van der Waals surface area contributed by atoms with Gasteiger partial charge in [-0.3, -0.25) is 19.3 Å². The number of aromatic nitrogens is 1. The van der Waals surface area contributed by atoms with Crippen molar-refractivity contribution in [2.45, 2.75) is 64.0 Å². The van der Waals surface area contributed by atoms with E-state index in [1.165, 1.54) is 4.90 Å². The molecule has 210 valence electrons. The Morgan fingerprint density at radius 1 is 1.00 bits per heavy atom. The molecule has 1 saturated carbocycles. The van der Waals surface area contributed by atoms with E-state index in [0.29, 0.717) is 40.9 Å². The van der Waals surface area contributed by atoms with Crippen LogP contribution in [0.25, 0.3) is 0 Å². The summed E-state index contributed by atoms with van der Waals surface area (Å²) < 4.78 is 5.59.